The largest absolute Gasteiger partial charge is 0.497 e. The van der Waals surface area contributed by atoms with E-state index < -0.39 is 11.7 Å². The van der Waals surface area contributed by atoms with Gasteiger partial charge in [-0.3, -0.25) is 14.2 Å². The Bertz CT molecular complexity index is 994. The summed E-state index contributed by atoms with van der Waals surface area (Å²) in [6.07, 6.45) is 1.55. The van der Waals surface area contributed by atoms with Crippen molar-refractivity contribution in [1.29, 1.82) is 0 Å². The number of hydrogen-bond acceptors (Lipinski definition) is 6. The predicted octanol–water partition coefficient (Wildman–Crippen LogP) is 2.26. The Hall–Kier alpha value is -3.40. The molecule has 0 aliphatic rings. The first-order valence-corrected chi connectivity index (χ1v) is 9.53. The van der Waals surface area contributed by atoms with Crippen molar-refractivity contribution < 1.29 is 18.7 Å². The maximum Gasteiger partial charge on any atom is 0.243 e. The molecular formula is C19H18FN5O3S. The van der Waals surface area contributed by atoms with Crippen molar-refractivity contribution in [1.82, 2.24) is 20.1 Å². The third-order valence-electron chi connectivity index (χ3n) is 3.75. The molecule has 10 heteroatoms. The van der Waals surface area contributed by atoms with Crippen LogP contribution in [0.1, 0.15) is 0 Å². The van der Waals surface area contributed by atoms with E-state index >= 15 is 0 Å². The van der Waals surface area contributed by atoms with Gasteiger partial charge in [0.1, 0.15) is 17.9 Å². The molecule has 3 rings (SSSR count). The van der Waals surface area contributed by atoms with Gasteiger partial charge in [0.2, 0.25) is 11.8 Å². The van der Waals surface area contributed by atoms with Crippen LogP contribution in [0.4, 0.5) is 10.1 Å². The average molecular weight is 415 g/mol. The van der Waals surface area contributed by atoms with E-state index in [2.05, 4.69) is 20.8 Å². The summed E-state index contributed by atoms with van der Waals surface area (Å²) in [6.45, 7) is -0.195. The quantitative estimate of drug-likeness (QED) is 0.548. The molecule has 0 atom stereocenters. The topological polar surface area (TPSA) is 98.1 Å². The van der Waals surface area contributed by atoms with Crippen LogP contribution >= 0.6 is 11.8 Å². The van der Waals surface area contributed by atoms with E-state index in [0.717, 1.165) is 5.69 Å². The summed E-state index contributed by atoms with van der Waals surface area (Å²) in [5.41, 5.74) is 1.25. The number of ether oxygens (including phenoxy) is 1. The summed E-state index contributed by atoms with van der Waals surface area (Å²) in [7, 11) is 1.58. The third kappa shape index (κ3) is 5.79. The van der Waals surface area contributed by atoms with Gasteiger partial charge in [0.05, 0.1) is 25.1 Å². The minimum absolute atomic E-state index is 0.0620. The molecule has 0 fully saturated rings. The van der Waals surface area contributed by atoms with Gasteiger partial charge in [0.15, 0.2) is 5.16 Å². The number of methoxy groups -OCH3 is 1. The molecule has 0 aliphatic heterocycles. The second-order valence-electron chi connectivity index (χ2n) is 5.81. The zero-order chi connectivity index (χ0) is 20.6. The van der Waals surface area contributed by atoms with Gasteiger partial charge in [-0.05, 0) is 36.4 Å². The molecule has 8 nitrogen and oxygen atoms in total. The monoisotopic (exact) mass is 415 g/mol. The number of nitrogens with zero attached hydrogens (tertiary/aromatic N) is 3. The van der Waals surface area contributed by atoms with Crippen molar-refractivity contribution in [3.05, 3.63) is 60.7 Å². The Balaban J connectivity index is 1.49. The van der Waals surface area contributed by atoms with Gasteiger partial charge in [-0.25, -0.2) is 4.39 Å². The van der Waals surface area contributed by atoms with Crippen LogP contribution in [-0.4, -0.2) is 46.0 Å². The number of thioether (sulfide) groups is 1. The molecule has 0 aliphatic carbocycles. The number of carbonyl (C=O) groups is 2. The zero-order valence-corrected chi connectivity index (χ0v) is 16.3. The van der Waals surface area contributed by atoms with E-state index in [1.165, 1.54) is 36.0 Å². The first-order valence-electron chi connectivity index (χ1n) is 8.54. The predicted molar refractivity (Wildman–Crippen MR) is 107 cm³/mol. The number of hydrogen-bond donors (Lipinski definition) is 2. The molecule has 1 heterocycles. The van der Waals surface area contributed by atoms with E-state index in [1.807, 2.05) is 24.3 Å². The van der Waals surface area contributed by atoms with Crippen LogP contribution in [-0.2, 0) is 9.59 Å². The van der Waals surface area contributed by atoms with Crippen LogP contribution in [0, 0.1) is 5.82 Å². The van der Waals surface area contributed by atoms with E-state index in [0.29, 0.717) is 16.6 Å². The van der Waals surface area contributed by atoms with Gasteiger partial charge < -0.3 is 15.4 Å². The van der Waals surface area contributed by atoms with Gasteiger partial charge >= 0.3 is 0 Å². The average Bonchev–Trinajstić information content (AvgIpc) is 3.21. The highest BCUT2D eigenvalue weighted by molar-refractivity contribution is 7.99. The third-order valence-corrected chi connectivity index (χ3v) is 4.70. The molecule has 2 amide bonds. The van der Waals surface area contributed by atoms with Crippen molar-refractivity contribution in [2.45, 2.75) is 5.16 Å². The lowest BCUT2D eigenvalue weighted by Crippen LogP contribution is -2.33. The summed E-state index contributed by atoms with van der Waals surface area (Å²) in [5.74, 6) is -0.377. The van der Waals surface area contributed by atoms with Crippen LogP contribution in [0.5, 0.6) is 5.75 Å². The molecule has 0 bridgehead atoms. The summed E-state index contributed by atoms with van der Waals surface area (Å²) < 4.78 is 19.8. The minimum atomic E-state index is -0.408. The fourth-order valence-electron chi connectivity index (χ4n) is 2.36. The molecule has 0 radical (unpaired) electrons. The van der Waals surface area contributed by atoms with Gasteiger partial charge in [0, 0.05) is 11.8 Å². The molecule has 150 valence electrons. The molecule has 0 saturated carbocycles. The summed E-state index contributed by atoms with van der Waals surface area (Å²) in [6, 6.07) is 12.7. The smallest absolute Gasteiger partial charge is 0.243 e. The lowest BCUT2D eigenvalue weighted by molar-refractivity contribution is -0.122. The van der Waals surface area contributed by atoms with Crippen molar-refractivity contribution >= 4 is 29.3 Å². The Morgan fingerprint density at radius 1 is 1.17 bits per heavy atom. The zero-order valence-electron chi connectivity index (χ0n) is 15.5. The highest BCUT2D eigenvalue weighted by Gasteiger charge is 2.12. The molecule has 0 spiro atoms. The minimum Gasteiger partial charge on any atom is -0.497 e. The van der Waals surface area contributed by atoms with E-state index in [1.54, 1.807) is 18.0 Å². The Labute approximate surface area is 170 Å². The standard InChI is InChI=1S/C19H18FN5O3S/c1-28-16-4-2-3-15(9-16)25-12-22-24-19(25)29-11-18(27)21-10-17(26)23-14-7-5-13(20)6-8-14/h2-9,12H,10-11H2,1H3,(H,21,27)(H,23,26). The van der Waals surface area contributed by atoms with Crippen LogP contribution < -0.4 is 15.4 Å². The number of rotatable bonds is 8. The van der Waals surface area contributed by atoms with E-state index in [4.69, 9.17) is 4.74 Å². The van der Waals surface area contributed by atoms with Gasteiger partial charge in [-0.1, -0.05) is 17.8 Å². The molecule has 3 aromatic rings. The van der Waals surface area contributed by atoms with Crippen molar-refractivity contribution in [3.8, 4) is 11.4 Å². The second-order valence-corrected chi connectivity index (χ2v) is 6.75. The SMILES string of the molecule is COc1cccc(-n2cnnc2SCC(=O)NCC(=O)Nc2ccc(F)cc2)c1. The molecule has 2 aromatic carbocycles. The van der Waals surface area contributed by atoms with Gasteiger partial charge in [0.25, 0.3) is 0 Å². The first kappa shape index (κ1) is 20.3. The molecule has 29 heavy (non-hydrogen) atoms. The number of carbonyl (C=O) groups excluding carboxylic acids is 2. The lowest BCUT2D eigenvalue weighted by Gasteiger charge is -2.09. The number of amides is 2. The van der Waals surface area contributed by atoms with E-state index in [-0.39, 0.29) is 18.2 Å². The molecule has 0 saturated heterocycles. The van der Waals surface area contributed by atoms with Gasteiger partial charge in [-0.2, -0.15) is 0 Å². The fraction of sp³-hybridized carbons (Fsp3) is 0.158. The number of aromatic nitrogens is 3. The Morgan fingerprint density at radius 2 is 1.97 bits per heavy atom. The Morgan fingerprint density at radius 3 is 2.72 bits per heavy atom. The van der Waals surface area contributed by atoms with Crippen molar-refractivity contribution in [2.24, 2.45) is 0 Å². The summed E-state index contributed by atoms with van der Waals surface area (Å²) >= 11 is 1.19. The number of halogens is 1. The fourth-order valence-corrected chi connectivity index (χ4v) is 3.12. The van der Waals surface area contributed by atoms with Crippen molar-refractivity contribution in [3.63, 3.8) is 0 Å². The number of nitrogens with one attached hydrogen (secondary N) is 2. The highest BCUT2D eigenvalue weighted by Crippen LogP contribution is 2.22. The normalized spacial score (nSPS) is 10.4. The lowest BCUT2D eigenvalue weighted by atomic mass is 10.3. The summed E-state index contributed by atoms with van der Waals surface area (Å²) in [5, 5.41) is 13.5. The van der Waals surface area contributed by atoms with Crippen LogP contribution in [0.3, 0.4) is 0 Å². The van der Waals surface area contributed by atoms with Crippen molar-refractivity contribution in [2.75, 3.05) is 24.7 Å². The molecule has 2 N–H and O–H groups in total. The molecular weight excluding hydrogens is 397 g/mol. The van der Waals surface area contributed by atoms with Crippen LogP contribution in [0.15, 0.2) is 60.0 Å². The highest BCUT2D eigenvalue weighted by atomic mass is 32.2. The Kier molecular flexibility index (Phi) is 6.80. The van der Waals surface area contributed by atoms with Crippen LogP contribution in [0.2, 0.25) is 0 Å². The molecule has 0 unspecified atom stereocenters. The molecule has 1 aromatic heterocycles. The van der Waals surface area contributed by atoms with Crippen LogP contribution in [0.25, 0.3) is 5.69 Å². The number of anilines is 1. The summed E-state index contributed by atoms with van der Waals surface area (Å²) in [4.78, 5) is 23.9. The van der Waals surface area contributed by atoms with E-state index in [9.17, 15) is 14.0 Å². The number of benzene rings is 2. The maximum absolute atomic E-state index is 12.9. The maximum atomic E-state index is 12.9. The first-order chi connectivity index (χ1) is 14.0. The second kappa shape index (κ2) is 9.69. The van der Waals surface area contributed by atoms with Gasteiger partial charge in [-0.15, -0.1) is 10.2 Å².